The smallest absolute Gasteiger partial charge is 0.306 e. The SMILES string of the molecule is CCOc1ccc(NC(=O)COC(=O)CCc2nc(-c3ccc(F)cc3)no2)c([N+](=O)[O-])c1. The quantitative estimate of drug-likeness (QED) is 0.274. The minimum atomic E-state index is -0.744. The molecule has 0 radical (unpaired) electrons. The van der Waals surface area contributed by atoms with Crippen molar-refractivity contribution in [1.82, 2.24) is 10.1 Å². The molecule has 1 aromatic heterocycles. The number of ether oxygens (including phenoxy) is 2. The van der Waals surface area contributed by atoms with E-state index in [1.165, 1.54) is 42.5 Å². The largest absolute Gasteiger partial charge is 0.494 e. The normalized spacial score (nSPS) is 10.5. The van der Waals surface area contributed by atoms with Crippen LogP contribution in [0.25, 0.3) is 11.4 Å². The third-order valence-electron chi connectivity index (χ3n) is 4.23. The molecule has 3 rings (SSSR count). The molecule has 0 unspecified atom stereocenters. The summed E-state index contributed by atoms with van der Waals surface area (Å²) in [6.07, 6.45) is -0.0689. The summed E-state index contributed by atoms with van der Waals surface area (Å²) in [6, 6.07) is 9.50. The van der Waals surface area contributed by atoms with Crippen LogP contribution in [0.4, 0.5) is 15.8 Å². The van der Waals surface area contributed by atoms with Crippen LogP contribution in [0.15, 0.2) is 47.0 Å². The highest BCUT2D eigenvalue weighted by Gasteiger charge is 2.18. The van der Waals surface area contributed by atoms with Gasteiger partial charge in [0.2, 0.25) is 11.7 Å². The number of amides is 1. The molecule has 3 aromatic rings. The second-order valence-electron chi connectivity index (χ2n) is 6.60. The van der Waals surface area contributed by atoms with Crippen LogP contribution in [0.3, 0.4) is 0 Å². The van der Waals surface area contributed by atoms with Gasteiger partial charge in [-0.15, -0.1) is 0 Å². The summed E-state index contributed by atoms with van der Waals surface area (Å²) in [5.74, 6) is -1.14. The number of aryl methyl sites for hydroxylation is 1. The Labute approximate surface area is 186 Å². The topological polar surface area (TPSA) is 147 Å². The molecule has 1 heterocycles. The number of nitrogens with one attached hydrogen (secondary N) is 1. The Morgan fingerprint density at radius 1 is 1.21 bits per heavy atom. The van der Waals surface area contributed by atoms with E-state index in [1.807, 2.05) is 0 Å². The zero-order valence-electron chi connectivity index (χ0n) is 17.4. The fourth-order valence-corrected chi connectivity index (χ4v) is 2.71. The fraction of sp³-hybridized carbons (Fsp3) is 0.238. The third kappa shape index (κ3) is 6.56. The number of carbonyl (C=O) groups excluding carboxylic acids is 2. The van der Waals surface area contributed by atoms with Gasteiger partial charge in [-0.1, -0.05) is 5.16 Å². The average molecular weight is 458 g/mol. The van der Waals surface area contributed by atoms with Gasteiger partial charge in [0, 0.05) is 12.0 Å². The number of nitro groups is 1. The number of nitrogens with zero attached hydrogens (tertiary/aromatic N) is 3. The van der Waals surface area contributed by atoms with Gasteiger partial charge in [-0.2, -0.15) is 4.98 Å². The van der Waals surface area contributed by atoms with Gasteiger partial charge in [0.1, 0.15) is 17.3 Å². The number of rotatable bonds is 10. The standard InChI is InChI=1S/C21H19FN4O7/c1-2-31-15-7-8-16(17(11-15)26(29)30)23-18(27)12-32-20(28)10-9-19-24-21(25-33-19)13-3-5-14(22)6-4-13/h3-8,11H,2,9-10,12H2,1H3,(H,23,27). The summed E-state index contributed by atoms with van der Waals surface area (Å²) in [4.78, 5) is 38.7. The first-order chi connectivity index (χ1) is 15.9. The molecule has 0 fully saturated rings. The van der Waals surface area contributed by atoms with Crippen LogP contribution in [0.5, 0.6) is 5.75 Å². The molecule has 12 heteroatoms. The highest BCUT2D eigenvalue weighted by Crippen LogP contribution is 2.29. The minimum absolute atomic E-state index is 0.0521. The molecule has 33 heavy (non-hydrogen) atoms. The van der Waals surface area contributed by atoms with E-state index in [2.05, 4.69) is 15.5 Å². The van der Waals surface area contributed by atoms with Gasteiger partial charge in [0.25, 0.3) is 11.6 Å². The Bertz CT molecular complexity index is 1150. The molecule has 0 spiro atoms. The highest BCUT2D eigenvalue weighted by atomic mass is 19.1. The molecule has 0 bridgehead atoms. The zero-order chi connectivity index (χ0) is 23.8. The predicted molar refractivity (Wildman–Crippen MR) is 112 cm³/mol. The van der Waals surface area contributed by atoms with E-state index in [0.29, 0.717) is 12.2 Å². The van der Waals surface area contributed by atoms with Gasteiger partial charge in [-0.05, 0) is 43.3 Å². The van der Waals surface area contributed by atoms with Crippen molar-refractivity contribution < 1.29 is 32.9 Å². The van der Waals surface area contributed by atoms with E-state index >= 15 is 0 Å². The molecule has 172 valence electrons. The number of benzene rings is 2. The van der Waals surface area contributed by atoms with Crippen molar-refractivity contribution in [2.24, 2.45) is 0 Å². The predicted octanol–water partition coefficient (Wildman–Crippen LogP) is 3.30. The first-order valence-corrected chi connectivity index (χ1v) is 9.81. The van der Waals surface area contributed by atoms with Crippen molar-refractivity contribution in [1.29, 1.82) is 0 Å². The van der Waals surface area contributed by atoms with Gasteiger partial charge in [0.05, 0.1) is 24.0 Å². The lowest BCUT2D eigenvalue weighted by molar-refractivity contribution is -0.384. The third-order valence-corrected chi connectivity index (χ3v) is 4.23. The van der Waals surface area contributed by atoms with E-state index < -0.39 is 29.2 Å². The Morgan fingerprint density at radius 2 is 1.97 bits per heavy atom. The molecule has 11 nitrogen and oxygen atoms in total. The van der Waals surface area contributed by atoms with Crippen molar-refractivity contribution in [2.75, 3.05) is 18.5 Å². The van der Waals surface area contributed by atoms with Crippen LogP contribution in [0.1, 0.15) is 19.2 Å². The Kier molecular flexibility index (Phi) is 7.63. The lowest BCUT2D eigenvalue weighted by Crippen LogP contribution is -2.21. The number of anilines is 1. The van der Waals surface area contributed by atoms with Crippen LogP contribution >= 0.6 is 0 Å². The summed E-state index contributed by atoms with van der Waals surface area (Å²) in [5.41, 5.74) is 0.145. The van der Waals surface area contributed by atoms with Crippen LogP contribution in [0, 0.1) is 15.9 Å². The fourth-order valence-electron chi connectivity index (χ4n) is 2.71. The zero-order valence-corrected chi connectivity index (χ0v) is 17.4. The summed E-state index contributed by atoms with van der Waals surface area (Å²) in [6.45, 7) is 1.43. The maximum atomic E-state index is 13.0. The highest BCUT2D eigenvalue weighted by molar-refractivity contribution is 5.95. The van der Waals surface area contributed by atoms with Crippen molar-refractivity contribution in [2.45, 2.75) is 19.8 Å². The van der Waals surface area contributed by atoms with Gasteiger partial charge < -0.3 is 19.3 Å². The van der Waals surface area contributed by atoms with Crippen LogP contribution in [-0.4, -0.2) is 40.2 Å². The summed E-state index contributed by atoms with van der Waals surface area (Å²) < 4.78 is 28.1. The van der Waals surface area contributed by atoms with E-state index in [0.717, 1.165) is 0 Å². The van der Waals surface area contributed by atoms with Crippen LogP contribution < -0.4 is 10.1 Å². The number of nitro benzene ring substituents is 1. The number of halogens is 1. The van der Waals surface area contributed by atoms with Gasteiger partial charge >= 0.3 is 5.97 Å². The molecule has 2 aromatic carbocycles. The molecule has 0 aliphatic rings. The van der Waals surface area contributed by atoms with Gasteiger partial charge in [0.15, 0.2) is 6.61 Å². The second-order valence-corrected chi connectivity index (χ2v) is 6.60. The molecule has 1 amide bonds. The Morgan fingerprint density at radius 3 is 2.67 bits per heavy atom. The van der Waals surface area contributed by atoms with Crippen molar-refractivity contribution >= 4 is 23.3 Å². The van der Waals surface area contributed by atoms with Crippen molar-refractivity contribution in [3.8, 4) is 17.1 Å². The Balaban J connectivity index is 1.48. The molecular formula is C21H19FN4O7. The average Bonchev–Trinajstić information content (AvgIpc) is 3.27. The van der Waals surface area contributed by atoms with E-state index in [4.69, 9.17) is 14.0 Å². The lowest BCUT2D eigenvalue weighted by Gasteiger charge is -2.08. The monoisotopic (exact) mass is 458 g/mol. The van der Waals surface area contributed by atoms with Gasteiger partial charge in [-0.25, -0.2) is 4.39 Å². The van der Waals surface area contributed by atoms with E-state index in [-0.39, 0.29) is 41.7 Å². The molecule has 0 aliphatic heterocycles. The number of hydrogen-bond acceptors (Lipinski definition) is 9. The molecule has 0 saturated carbocycles. The first kappa shape index (κ1) is 23.3. The van der Waals surface area contributed by atoms with Crippen molar-refractivity contribution in [3.05, 3.63) is 64.3 Å². The van der Waals surface area contributed by atoms with Gasteiger partial charge in [-0.3, -0.25) is 19.7 Å². The van der Waals surface area contributed by atoms with E-state index in [1.54, 1.807) is 6.92 Å². The minimum Gasteiger partial charge on any atom is -0.494 e. The molecule has 0 saturated heterocycles. The maximum absolute atomic E-state index is 13.0. The molecule has 1 N–H and O–H groups in total. The number of aromatic nitrogens is 2. The molecule has 0 aliphatic carbocycles. The number of esters is 1. The van der Waals surface area contributed by atoms with Crippen LogP contribution in [0.2, 0.25) is 0 Å². The first-order valence-electron chi connectivity index (χ1n) is 9.81. The van der Waals surface area contributed by atoms with E-state index in [9.17, 15) is 24.1 Å². The maximum Gasteiger partial charge on any atom is 0.306 e. The molecular weight excluding hydrogens is 439 g/mol. The summed E-state index contributed by atoms with van der Waals surface area (Å²) in [5, 5.41) is 17.3. The van der Waals surface area contributed by atoms with Crippen LogP contribution in [-0.2, 0) is 20.7 Å². The Hall–Kier alpha value is -4.35. The molecule has 0 atom stereocenters. The number of carbonyl (C=O) groups is 2. The van der Waals surface area contributed by atoms with Crippen molar-refractivity contribution in [3.63, 3.8) is 0 Å². The summed E-state index contributed by atoms with van der Waals surface area (Å²) in [7, 11) is 0. The summed E-state index contributed by atoms with van der Waals surface area (Å²) >= 11 is 0. The lowest BCUT2D eigenvalue weighted by atomic mass is 10.2. The number of hydrogen-bond donors (Lipinski definition) is 1. The second kappa shape index (κ2) is 10.8.